The van der Waals surface area contributed by atoms with Crippen LogP contribution in [-0.2, 0) is 4.79 Å². The van der Waals surface area contributed by atoms with Crippen LogP contribution < -0.4 is 15.4 Å². The number of hydrogen-bond acceptors (Lipinski definition) is 3. The second-order valence-electron chi connectivity index (χ2n) is 5.84. The number of hydrogen-bond donors (Lipinski definition) is 2. The van der Waals surface area contributed by atoms with Gasteiger partial charge in [-0.25, -0.2) is 0 Å². The van der Waals surface area contributed by atoms with E-state index in [1.807, 2.05) is 54.6 Å². The molecule has 2 N–H and O–H groups in total. The summed E-state index contributed by atoms with van der Waals surface area (Å²) in [5.41, 5.74) is 1.66. The second kappa shape index (κ2) is 8.20. The highest BCUT2D eigenvalue weighted by Crippen LogP contribution is 2.19. The van der Waals surface area contributed by atoms with Crippen molar-refractivity contribution < 1.29 is 9.53 Å². The molecule has 0 spiro atoms. The molecule has 0 aliphatic heterocycles. The third-order valence-electron chi connectivity index (χ3n) is 3.79. The number of amides is 1. The van der Waals surface area contributed by atoms with E-state index in [4.69, 9.17) is 4.74 Å². The van der Waals surface area contributed by atoms with Crippen molar-refractivity contribution in [3.05, 3.63) is 66.7 Å². The molecule has 0 aliphatic rings. The van der Waals surface area contributed by atoms with Crippen LogP contribution in [0.25, 0.3) is 10.8 Å². The topological polar surface area (TPSA) is 50.4 Å². The minimum Gasteiger partial charge on any atom is -0.494 e. The Morgan fingerprint density at radius 3 is 2.60 bits per heavy atom. The van der Waals surface area contributed by atoms with Gasteiger partial charge in [0.15, 0.2) is 0 Å². The summed E-state index contributed by atoms with van der Waals surface area (Å²) in [6.45, 7) is 2.93. The standard InChI is InChI=1S/C21H22N2O2/c1-2-12-25-20-9-5-8-19(14-20)23-21(24)15-22-18-11-10-16-6-3-4-7-17(16)13-18/h3-11,13-14,22H,2,12,15H2,1H3,(H,23,24). The zero-order valence-electron chi connectivity index (χ0n) is 14.3. The van der Waals surface area contributed by atoms with Gasteiger partial charge in [0.2, 0.25) is 5.91 Å². The minimum atomic E-state index is -0.0965. The summed E-state index contributed by atoms with van der Waals surface area (Å²) >= 11 is 0. The fourth-order valence-electron chi connectivity index (χ4n) is 2.57. The van der Waals surface area contributed by atoms with Crippen LogP contribution >= 0.6 is 0 Å². The molecule has 4 heteroatoms. The van der Waals surface area contributed by atoms with Crippen molar-refractivity contribution in [1.82, 2.24) is 0 Å². The quantitative estimate of drug-likeness (QED) is 0.659. The first-order chi connectivity index (χ1) is 12.2. The average Bonchev–Trinajstić information content (AvgIpc) is 2.65. The molecule has 0 heterocycles. The number of benzene rings is 3. The van der Waals surface area contributed by atoms with E-state index in [1.54, 1.807) is 0 Å². The Bertz CT molecular complexity index is 861. The van der Waals surface area contributed by atoms with Crippen molar-refractivity contribution in [2.45, 2.75) is 13.3 Å². The third-order valence-corrected chi connectivity index (χ3v) is 3.79. The van der Waals surface area contributed by atoms with Gasteiger partial charge < -0.3 is 15.4 Å². The first-order valence-electron chi connectivity index (χ1n) is 8.50. The van der Waals surface area contributed by atoms with E-state index in [0.717, 1.165) is 28.9 Å². The molecule has 4 nitrogen and oxygen atoms in total. The molecule has 1 amide bonds. The van der Waals surface area contributed by atoms with Crippen LogP contribution in [0.3, 0.4) is 0 Å². The number of carbonyl (C=O) groups is 1. The number of ether oxygens (including phenoxy) is 1. The first-order valence-corrected chi connectivity index (χ1v) is 8.50. The van der Waals surface area contributed by atoms with Crippen LogP contribution in [-0.4, -0.2) is 19.1 Å². The highest BCUT2D eigenvalue weighted by Gasteiger charge is 2.04. The van der Waals surface area contributed by atoms with Gasteiger partial charge in [-0.2, -0.15) is 0 Å². The number of rotatable bonds is 7. The van der Waals surface area contributed by atoms with Gasteiger partial charge in [-0.1, -0.05) is 43.3 Å². The van der Waals surface area contributed by atoms with Gasteiger partial charge in [-0.15, -0.1) is 0 Å². The van der Waals surface area contributed by atoms with E-state index in [1.165, 1.54) is 5.39 Å². The summed E-state index contributed by atoms with van der Waals surface area (Å²) in [6, 6.07) is 21.7. The summed E-state index contributed by atoms with van der Waals surface area (Å²) in [5, 5.41) is 8.38. The highest BCUT2D eigenvalue weighted by molar-refractivity contribution is 5.94. The van der Waals surface area contributed by atoms with Gasteiger partial charge in [0.25, 0.3) is 0 Å². The van der Waals surface area contributed by atoms with E-state index in [0.29, 0.717) is 6.61 Å². The number of anilines is 2. The monoisotopic (exact) mass is 334 g/mol. The van der Waals surface area contributed by atoms with E-state index in [2.05, 4.69) is 29.7 Å². The molecule has 25 heavy (non-hydrogen) atoms. The molecule has 0 fully saturated rings. The zero-order valence-corrected chi connectivity index (χ0v) is 14.3. The lowest BCUT2D eigenvalue weighted by Gasteiger charge is -2.10. The molecule has 3 aromatic carbocycles. The van der Waals surface area contributed by atoms with Crippen molar-refractivity contribution >= 4 is 28.1 Å². The van der Waals surface area contributed by atoms with Crippen LogP contribution in [0.15, 0.2) is 66.7 Å². The molecule has 0 saturated carbocycles. The summed E-state index contributed by atoms with van der Waals surface area (Å²) in [4.78, 5) is 12.2. The summed E-state index contributed by atoms with van der Waals surface area (Å²) < 4.78 is 5.58. The normalized spacial score (nSPS) is 10.4. The second-order valence-corrected chi connectivity index (χ2v) is 5.84. The van der Waals surface area contributed by atoms with Gasteiger partial charge in [0.1, 0.15) is 5.75 Å². The van der Waals surface area contributed by atoms with Crippen LogP contribution in [0.5, 0.6) is 5.75 Å². The maximum atomic E-state index is 12.2. The van der Waals surface area contributed by atoms with Crippen molar-refractivity contribution in [2.24, 2.45) is 0 Å². The van der Waals surface area contributed by atoms with Crippen LogP contribution in [0.1, 0.15) is 13.3 Å². The molecule has 0 unspecified atom stereocenters. The van der Waals surface area contributed by atoms with Gasteiger partial charge in [0, 0.05) is 17.4 Å². The molecule has 0 aliphatic carbocycles. The molecule has 0 bridgehead atoms. The highest BCUT2D eigenvalue weighted by atomic mass is 16.5. The Morgan fingerprint density at radius 1 is 0.920 bits per heavy atom. The van der Waals surface area contributed by atoms with E-state index in [-0.39, 0.29) is 12.5 Å². The third kappa shape index (κ3) is 4.73. The lowest BCUT2D eigenvalue weighted by Crippen LogP contribution is -2.21. The maximum Gasteiger partial charge on any atom is 0.243 e. The summed E-state index contributed by atoms with van der Waals surface area (Å²) in [7, 11) is 0. The number of fused-ring (bicyclic) bond motifs is 1. The molecule has 3 rings (SSSR count). The van der Waals surface area contributed by atoms with E-state index < -0.39 is 0 Å². The van der Waals surface area contributed by atoms with Gasteiger partial charge in [-0.3, -0.25) is 4.79 Å². The lowest BCUT2D eigenvalue weighted by atomic mass is 10.1. The van der Waals surface area contributed by atoms with Crippen molar-refractivity contribution in [3.8, 4) is 5.75 Å². The fourth-order valence-corrected chi connectivity index (χ4v) is 2.57. The van der Waals surface area contributed by atoms with Crippen molar-refractivity contribution in [2.75, 3.05) is 23.8 Å². The molecule has 0 radical (unpaired) electrons. The van der Waals surface area contributed by atoms with Crippen molar-refractivity contribution in [3.63, 3.8) is 0 Å². The smallest absolute Gasteiger partial charge is 0.243 e. The molecule has 0 saturated heterocycles. The summed E-state index contributed by atoms with van der Waals surface area (Å²) in [6.07, 6.45) is 0.951. The molecular weight excluding hydrogens is 312 g/mol. The van der Waals surface area contributed by atoms with Crippen LogP contribution in [0, 0.1) is 0 Å². The Morgan fingerprint density at radius 2 is 1.76 bits per heavy atom. The number of carbonyl (C=O) groups excluding carboxylic acids is 1. The molecule has 0 aromatic heterocycles. The Kier molecular flexibility index (Phi) is 5.52. The lowest BCUT2D eigenvalue weighted by molar-refractivity contribution is -0.114. The Hall–Kier alpha value is -3.01. The van der Waals surface area contributed by atoms with Crippen molar-refractivity contribution in [1.29, 1.82) is 0 Å². The van der Waals surface area contributed by atoms with Gasteiger partial charge in [-0.05, 0) is 41.5 Å². The van der Waals surface area contributed by atoms with Crippen LogP contribution in [0.4, 0.5) is 11.4 Å². The molecule has 0 atom stereocenters. The van der Waals surface area contributed by atoms with Crippen LogP contribution in [0.2, 0.25) is 0 Å². The largest absolute Gasteiger partial charge is 0.494 e. The van der Waals surface area contributed by atoms with E-state index >= 15 is 0 Å². The average molecular weight is 334 g/mol. The number of nitrogens with one attached hydrogen (secondary N) is 2. The van der Waals surface area contributed by atoms with E-state index in [9.17, 15) is 4.79 Å². The fraction of sp³-hybridized carbons (Fsp3) is 0.190. The predicted octanol–water partition coefficient (Wildman–Crippen LogP) is 4.68. The zero-order chi connectivity index (χ0) is 17.5. The Balaban J connectivity index is 1.57. The summed E-state index contributed by atoms with van der Waals surface area (Å²) in [5.74, 6) is 0.669. The maximum absolute atomic E-state index is 12.2. The molecule has 3 aromatic rings. The minimum absolute atomic E-state index is 0.0965. The predicted molar refractivity (Wildman–Crippen MR) is 103 cm³/mol. The van der Waals surface area contributed by atoms with Gasteiger partial charge in [0.05, 0.1) is 13.2 Å². The molecular formula is C21H22N2O2. The Labute approximate surface area is 147 Å². The SMILES string of the molecule is CCCOc1cccc(NC(=O)CNc2ccc3ccccc3c2)c1. The first kappa shape index (κ1) is 16.8. The molecule has 128 valence electrons. The van der Waals surface area contributed by atoms with Gasteiger partial charge >= 0.3 is 0 Å².